The smallest absolute Gasteiger partial charge is 0.164 e. The normalized spacial score (nSPS) is 10.6. The van der Waals surface area contributed by atoms with E-state index in [9.17, 15) is 0 Å². The Morgan fingerprint density at radius 3 is 2.45 bits per heavy atom. The first kappa shape index (κ1) is 12.6. The van der Waals surface area contributed by atoms with Crippen LogP contribution in [0.3, 0.4) is 0 Å². The lowest BCUT2D eigenvalue weighted by molar-refractivity contribution is 1.16. The summed E-state index contributed by atoms with van der Waals surface area (Å²) in [5.74, 6) is 0. The third kappa shape index (κ3) is 1.84. The lowest BCUT2D eigenvalue weighted by atomic mass is 10.1. The second kappa shape index (κ2) is 4.94. The van der Waals surface area contributed by atoms with Gasteiger partial charge in [-0.25, -0.2) is 4.98 Å². The summed E-state index contributed by atoms with van der Waals surface area (Å²) in [6.07, 6.45) is 3.78. The maximum atomic E-state index is 4.69. The molecule has 0 atom stereocenters. The van der Waals surface area contributed by atoms with Gasteiger partial charge in [-0.3, -0.25) is 9.38 Å². The molecule has 0 aliphatic heterocycles. The number of imidazole rings is 1. The molecular weight excluding hydrogens is 270 g/mol. The van der Waals surface area contributed by atoms with E-state index in [1.54, 1.807) is 0 Å². The molecule has 0 fully saturated rings. The molecule has 20 heavy (non-hydrogen) atoms. The second-order valence-corrected chi connectivity index (χ2v) is 4.44. The van der Waals surface area contributed by atoms with Crippen molar-refractivity contribution in [1.29, 1.82) is 0 Å². The minimum atomic E-state index is 0. The molecule has 0 aliphatic rings. The first-order chi connectivity index (χ1) is 9.43. The number of nitrogens with zero attached hydrogens (tertiary/aromatic N) is 3. The number of rotatable bonds is 1. The van der Waals surface area contributed by atoms with Crippen LogP contribution in [-0.2, 0) is 0 Å². The molecule has 4 rings (SSSR count). The number of aromatic nitrogens is 3. The second-order valence-electron chi connectivity index (χ2n) is 4.44. The van der Waals surface area contributed by atoms with E-state index in [-0.39, 0.29) is 12.4 Å². The van der Waals surface area contributed by atoms with E-state index in [1.807, 2.05) is 48.8 Å². The van der Waals surface area contributed by atoms with Gasteiger partial charge in [0, 0.05) is 18.0 Å². The lowest BCUT2D eigenvalue weighted by Crippen LogP contribution is -1.91. The molecule has 2 aromatic heterocycles. The van der Waals surface area contributed by atoms with Gasteiger partial charge < -0.3 is 0 Å². The molecule has 2 heterocycles. The van der Waals surface area contributed by atoms with E-state index in [0.29, 0.717) is 0 Å². The summed E-state index contributed by atoms with van der Waals surface area (Å²) in [7, 11) is 0. The van der Waals surface area contributed by atoms with Crippen LogP contribution in [0.4, 0.5) is 0 Å². The molecule has 4 heteroatoms. The first-order valence-corrected chi connectivity index (χ1v) is 6.21. The number of halogens is 1. The molecular formula is C16H12ClN3. The lowest BCUT2D eigenvalue weighted by Gasteiger charge is -2.02. The molecule has 0 spiro atoms. The van der Waals surface area contributed by atoms with Gasteiger partial charge in [-0.05, 0) is 12.1 Å². The highest BCUT2D eigenvalue weighted by Gasteiger charge is 2.10. The minimum Gasteiger partial charge on any atom is -0.296 e. The molecule has 0 saturated carbocycles. The summed E-state index contributed by atoms with van der Waals surface area (Å²) in [4.78, 5) is 9.18. The summed E-state index contributed by atoms with van der Waals surface area (Å²) < 4.78 is 2.09. The van der Waals surface area contributed by atoms with E-state index < -0.39 is 0 Å². The average Bonchev–Trinajstić information content (AvgIpc) is 2.87. The summed E-state index contributed by atoms with van der Waals surface area (Å²) in [6.45, 7) is 0. The fourth-order valence-corrected chi connectivity index (χ4v) is 2.39. The Balaban J connectivity index is 0.00000121. The number of hydrogen-bond donors (Lipinski definition) is 0. The Morgan fingerprint density at radius 2 is 1.60 bits per heavy atom. The van der Waals surface area contributed by atoms with Gasteiger partial charge in [0.05, 0.1) is 11.0 Å². The van der Waals surface area contributed by atoms with E-state index in [0.717, 1.165) is 27.9 Å². The fraction of sp³-hybridized carbons (Fsp3) is 0. The number of para-hydroxylation sites is 2. The van der Waals surface area contributed by atoms with E-state index in [4.69, 9.17) is 4.98 Å². The molecule has 0 unspecified atom stereocenters. The highest BCUT2D eigenvalue weighted by Crippen LogP contribution is 2.24. The van der Waals surface area contributed by atoms with Crippen molar-refractivity contribution in [3.05, 3.63) is 67.0 Å². The Kier molecular flexibility index (Phi) is 3.12. The van der Waals surface area contributed by atoms with Crippen LogP contribution >= 0.6 is 12.4 Å². The monoisotopic (exact) mass is 281 g/mol. The van der Waals surface area contributed by atoms with Gasteiger partial charge in [-0.2, -0.15) is 0 Å². The zero-order valence-electron chi connectivity index (χ0n) is 10.6. The predicted molar refractivity (Wildman–Crippen MR) is 83.2 cm³/mol. The summed E-state index contributed by atoms with van der Waals surface area (Å²) in [5.41, 5.74) is 5.00. The Hall–Kier alpha value is -2.39. The number of fused-ring (bicyclic) bond motifs is 3. The van der Waals surface area contributed by atoms with Crippen LogP contribution in [0.1, 0.15) is 0 Å². The van der Waals surface area contributed by atoms with Crippen molar-refractivity contribution in [2.45, 2.75) is 0 Å². The van der Waals surface area contributed by atoms with Crippen molar-refractivity contribution in [1.82, 2.24) is 14.4 Å². The minimum absolute atomic E-state index is 0. The van der Waals surface area contributed by atoms with E-state index >= 15 is 0 Å². The van der Waals surface area contributed by atoms with Crippen molar-refractivity contribution in [2.75, 3.05) is 0 Å². The molecule has 0 radical (unpaired) electrons. The van der Waals surface area contributed by atoms with Crippen LogP contribution < -0.4 is 0 Å². The molecule has 0 aliphatic carbocycles. The zero-order valence-corrected chi connectivity index (χ0v) is 11.4. The molecule has 0 bridgehead atoms. The quantitative estimate of drug-likeness (QED) is 0.528. The van der Waals surface area contributed by atoms with Crippen LogP contribution in [0.25, 0.3) is 27.9 Å². The van der Waals surface area contributed by atoms with Gasteiger partial charge in [0.25, 0.3) is 0 Å². The van der Waals surface area contributed by atoms with Crippen molar-refractivity contribution < 1.29 is 0 Å². The van der Waals surface area contributed by atoms with Crippen molar-refractivity contribution in [2.24, 2.45) is 0 Å². The summed E-state index contributed by atoms with van der Waals surface area (Å²) in [6, 6.07) is 18.3. The molecule has 0 amide bonds. The summed E-state index contributed by atoms with van der Waals surface area (Å²) in [5, 5.41) is 0. The number of benzene rings is 2. The third-order valence-corrected chi connectivity index (χ3v) is 3.27. The van der Waals surface area contributed by atoms with E-state index in [1.165, 1.54) is 0 Å². The molecule has 0 saturated heterocycles. The van der Waals surface area contributed by atoms with Gasteiger partial charge in [0.1, 0.15) is 5.69 Å². The van der Waals surface area contributed by atoms with Crippen LogP contribution in [0.2, 0.25) is 0 Å². The van der Waals surface area contributed by atoms with Crippen LogP contribution in [0.15, 0.2) is 67.0 Å². The average molecular weight is 282 g/mol. The Bertz CT molecular complexity index is 869. The van der Waals surface area contributed by atoms with Crippen LogP contribution in [0.5, 0.6) is 0 Å². The topological polar surface area (TPSA) is 30.2 Å². The van der Waals surface area contributed by atoms with Crippen molar-refractivity contribution >= 4 is 29.1 Å². The summed E-state index contributed by atoms with van der Waals surface area (Å²) >= 11 is 0. The largest absolute Gasteiger partial charge is 0.296 e. The molecule has 0 N–H and O–H groups in total. The van der Waals surface area contributed by atoms with E-state index in [2.05, 4.69) is 27.6 Å². The van der Waals surface area contributed by atoms with Gasteiger partial charge in [0.15, 0.2) is 5.65 Å². The van der Waals surface area contributed by atoms with Crippen molar-refractivity contribution in [3.8, 4) is 11.3 Å². The molecule has 3 nitrogen and oxygen atoms in total. The third-order valence-electron chi connectivity index (χ3n) is 3.27. The van der Waals surface area contributed by atoms with Gasteiger partial charge >= 0.3 is 0 Å². The Morgan fingerprint density at radius 1 is 0.850 bits per heavy atom. The molecule has 98 valence electrons. The van der Waals surface area contributed by atoms with Crippen LogP contribution in [0, 0.1) is 0 Å². The standard InChI is InChI=1S/C16H11N3.ClH/c1-2-6-12(7-3-1)15-16-18-13-8-4-5-9-14(13)19(16)11-10-17-15;/h1-11H;1H. The van der Waals surface area contributed by atoms with Gasteiger partial charge in [0.2, 0.25) is 0 Å². The van der Waals surface area contributed by atoms with Crippen molar-refractivity contribution in [3.63, 3.8) is 0 Å². The maximum Gasteiger partial charge on any atom is 0.164 e. The number of hydrogen-bond acceptors (Lipinski definition) is 2. The maximum absolute atomic E-state index is 4.69. The van der Waals surface area contributed by atoms with Gasteiger partial charge in [-0.15, -0.1) is 12.4 Å². The SMILES string of the molecule is Cl.c1ccc(-c2nccn3c2nc2ccccc23)cc1. The highest BCUT2D eigenvalue weighted by molar-refractivity contribution is 5.86. The highest BCUT2D eigenvalue weighted by atomic mass is 35.5. The first-order valence-electron chi connectivity index (χ1n) is 6.21. The van der Waals surface area contributed by atoms with Crippen LogP contribution in [-0.4, -0.2) is 14.4 Å². The Labute approximate surface area is 122 Å². The molecule has 2 aromatic carbocycles. The zero-order chi connectivity index (χ0) is 12.7. The fourth-order valence-electron chi connectivity index (χ4n) is 2.39. The predicted octanol–water partition coefficient (Wildman–Crippen LogP) is 3.97. The molecule has 4 aromatic rings. The van der Waals surface area contributed by atoms with Gasteiger partial charge in [-0.1, -0.05) is 42.5 Å².